The Bertz CT molecular complexity index is 1040. The number of carboxylic acids is 1. The molecular weight excluding hydrogens is 476 g/mol. The van der Waals surface area contributed by atoms with Crippen LogP contribution in [0.25, 0.3) is 10.8 Å². The molecule has 0 radical (unpaired) electrons. The van der Waals surface area contributed by atoms with Crippen molar-refractivity contribution in [2.45, 2.75) is 50.6 Å². The lowest BCUT2D eigenvalue weighted by Crippen LogP contribution is -2.44. The molecule has 1 heterocycles. The number of hydrogen-bond donors (Lipinski definition) is 4. The summed E-state index contributed by atoms with van der Waals surface area (Å²) in [7, 11) is 0. The zero-order chi connectivity index (χ0) is 25.9. The standard InChI is InChI=1S/C21H26N2O3S.C6H12N2O/c1-27-9-8-19(21(25)26)23-20(24)13-22-12-17-11-16(14-6-7-14)10-15-4-2-3-5-18(15)17;7-5-6(9)8-3-1-2-4-8/h2-5,10-11,14,19,22H,6-9,12-13H2,1H3,(H,23,24)(H,25,26);1-5,7H2. The van der Waals surface area contributed by atoms with Crippen LogP contribution in [0, 0.1) is 0 Å². The summed E-state index contributed by atoms with van der Waals surface area (Å²) in [6.45, 7) is 2.67. The zero-order valence-electron chi connectivity index (χ0n) is 21.0. The third-order valence-corrected chi connectivity index (χ3v) is 7.14. The largest absolute Gasteiger partial charge is 0.480 e. The molecule has 0 aromatic heterocycles. The summed E-state index contributed by atoms with van der Waals surface area (Å²) in [6, 6.07) is 12.0. The summed E-state index contributed by atoms with van der Waals surface area (Å²) < 4.78 is 0. The Morgan fingerprint density at radius 3 is 2.53 bits per heavy atom. The maximum atomic E-state index is 12.1. The highest BCUT2D eigenvalue weighted by atomic mass is 32.2. The van der Waals surface area contributed by atoms with E-state index in [1.165, 1.54) is 34.7 Å². The third kappa shape index (κ3) is 8.50. The predicted octanol–water partition coefficient (Wildman–Crippen LogP) is 2.70. The van der Waals surface area contributed by atoms with Crippen molar-refractivity contribution < 1.29 is 19.5 Å². The Labute approximate surface area is 217 Å². The number of benzene rings is 2. The van der Waals surface area contributed by atoms with Gasteiger partial charge in [-0.05, 0) is 71.9 Å². The van der Waals surface area contributed by atoms with E-state index in [4.69, 9.17) is 5.73 Å². The van der Waals surface area contributed by atoms with Gasteiger partial charge in [0, 0.05) is 19.6 Å². The fourth-order valence-electron chi connectivity index (χ4n) is 4.36. The van der Waals surface area contributed by atoms with Gasteiger partial charge in [-0.15, -0.1) is 0 Å². The maximum Gasteiger partial charge on any atom is 0.326 e. The molecule has 1 aliphatic heterocycles. The molecule has 1 unspecified atom stereocenters. The van der Waals surface area contributed by atoms with Gasteiger partial charge in [-0.2, -0.15) is 11.8 Å². The number of carboxylic acid groups (broad SMARTS) is 1. The summed E-state index contributed by atoms with van der Waals surface area (Å²) >= 11 is 1.57. The number of hydrogen-bond acceptors (Lipinski definition) is 6. The van der Waals surface area contributed by atoms with Crippen molar-refractivity contribution >= 4 is 40.3 Å². The molecule has 0 spiro atoms. The normalized spacial score (nSPS) is 15.8. The number of aliphatic carboxylic acids is 1. The fraction of sp³-hybridized carbons (Fsp3) is 0.519. The molecule has 1 atom stereocenters. The molecule has 0 bridgehead atoms. The van der Waals surface area contributed by atoms with E-state index in [9.17, 15) is 19.5 Å². The lowest BCUT2D eigenvalue weighted by molar-refractivity contribution is -0.141. The second-order valence-corrected chi connectivity index (χ2v) is 10.3. The number of thioether (sulfide) groups is 1. The van der Waals surface area contributed by atoms with E-state index in [1.807, 2.05) is 23.3 Å². The molecule has 1 saturated carbocycles. The van der Waals surface area contributed by atoms with Crippen molar-refractivity contribution in [3.63, 3.8) is 0 Å². The molecule has 1 aliphatic carbocycles. The average molecular weight is 515 g/mol. The topological polar surface area (TPSA) is 125 Å². The maximum absolute atomic E-state index is 12.1. The summed E-state index contributed by atoms with van der Waals surface area (Å²) in [6.07, 6.45) is 7.14. The van der Waals surface area contributed by atoms with E-state index in [1.54, 1.807) is 11.8 Å². The second kappa shape index (κ2) is 14.2. The highest BCUT2D eigenvalue weighted by Gasteiger charge is 2.24. The van der Waals surface area contributed by atoms with E-state index in [0.29, 0.717) is 24.6 Å². The van der Waals surface area contributed by atoms with Gasteiger partial charge in [-0.25, -0.2) is 4.79 Å². The first kappa shape index (κ1) is 28.0. The van der Waals surface area contributed by atoms with Crippen LogP contribution in [0.1, 0.15) is 49.1 Å². The zero-order valence-corrected chi connectivity index (χ0v) is 21.8. The molecule has 2 amide bonds. The molecule has 196 valence electrons. The van der Waals surface area contributed by atoms with Crippen LogP contribution in [0.4, 0.5) is 0 Å². The van der Waals surface area contributed by atoms with Crippen LogP contribution in [0.5, 0.6) is 0 Å². The molecule has 2 aromatic carbocycles. The van der Waals surface area contributed by atoms with Crippen molar-refractivity contribution in [2.75, 3.05) is 38.2 Å². The lowest BCUT2D eigenvalue weighted by Gasteiger charge is -2.15. The summed E-state index contributed by atoms with van der Waals surface area (Å²) in [5, 5.41) is 17.4. The number of nitrogens with two attached hydrogens (primary N) is 1. The Balaban J connectivity index is 0.000000338. The third-order valence-electron chi connectivity index (χ3n) is 6.50. The lowest BCUT2D eigenvalue weighted by atomic mass is 9.98. The minimum atomic E-state index is -0.986. The summed E-state index contributed by atoms with van der Waals surface area (Å²) in [5.74, 6) is 0.188. The number of carbonyl (C=O) groups is 3. The molecule has 2 fully saturated rings. The van der Waals surface area contributed by atoms with Gasteiger partial charge in [0.05, 0.1) is 13.1 Å². The average Bonchev–Trinajstić information content (AvgIpc) is 3.59. The van der Waals surface area contributed by atoms with Crippen LogP contribution in [-0.2, 0) is 20.9 Å². The minimum Gasteiger partial charge on any atom is -0.480 e. The molecule has 4 rings (SSSR count). The van der Waals surface area contributed by atoms with Crippen LogP contribution in [0.3, 0.4) is 0 Å². The SMILES string of the molecule is CSCCC(NC(=O)CNCc1cc(C2CC2)cc2ccccc12)C(=O)O.NCC(=O)N1CCCC1. The van der Waals surface area contributed by atoms with Gasteiger partial charge >= 0.3 is 5.97 Å². The van der Waals surface area contributed by atoms with E-state index in [0.717, 1.165) is 25.9 Å². The summed E-state index contributed by atoms with van der Waals surface area (Å²) in [4.78, 5) is 36.0. The van der Waals surface area contributed by atoms with Gasteiger partial charge in [0.25, 0.3) is 0 Å². The monoisotopic (exact) mass is 514 g/mol. The van der Waals surface area contributed by atoms with E-state index in [2.05, 4.69) is 34.9 Å². The van der Waals surface area contributed by atoms with Gasteiger partial charge in [0.2, 0.25) is 11.8 Å². The molecular formula is C27H38N4O4S. The quantitative estimate of drug-likeness (QED) is 0.363. The second-order valence-electron chi connectivity index (χ2n) is 9.31. The van der Waals surface area contributed by atoms with Crippen LogP contribution in [0.2, 0.25) is 0 Å². The number of amides is 2. The minimum absolute atomic E-state index is 0.0903. The van der Waals surface area contributed by atoms with Crippen molar-refractivity contribution in [3.8, 4) is 0 Å². The highest BCUT2D eigenvalue weighted by Crippen LogP contribution is 2.41. The van der Waals surface area contributed by atoms with E-state index >= 15 is 0 Å². The molecule has 1 saturated heterocycles. The smallest absolute Gasteiger partial charge is 0.326 e. The van der Waals surface area contributed by atoms with Crippen molar-refractivity contribution in [3.05, 3.63) is 47.5 Å². The number of nitrogens with zero attached hydrogens (tertiary/aromatic N) is 1. The first-order valence-corrected chi connectivity index (χ1v) is 14.0. The van der Waals surface area contributed by atoms with Crippen molar-refractivity contribution in [1.82, 2.24) is 15.5 Å². The van der Waals surface area contributed by atoms with Crippen LogP contribution >= 0.6 is 11.8 Å². The fourth-order valence-corrected chi connectivity index (χ4v) is 4.83. The highest BCUT2D eigenvalue weighted by molar-refractivity contribution is 7.98. The number of nitrogens with one attached hydrogen (secondary N) is 2. The summed E-state index contributed by atoms with van der Waals surface area (Å²) in [5.41, 5.74) is 7.71. The number of likely N-dealkylation sites (tertiary alicyclic amines) is 1. The molecule has 36 heavy (non-hydrogen) atoms. The first-order valence-electron chi connectivity index (χ1n) is 12.6. The van der Waals surface area contributed by atoms with Crippen LogP contribution in [0.15, 0.2) is 36.4 Å². The van der Waals surface area contributed by atoms with Gasteiger partial charge in [-0.3, -0.25) is 9.59 Å². The van der Waals surface area contributed by atoms with E-state index in [-0.39, 0.29) is 24.9 Å². The molecule has 9 heteroatoms. The number of carbonyl (C=O) groups excluding carboxylic acids is 2. The molecule has 2 aromatic rings. The Kier molecular flexibility index (Phi) is 11.0. The Morgan fingerprint density at radius 1 is 1.17 bits per heavy atom. The number of fused-ring (bicyclic) bond motifs is 1. The van der Waals surface area contributed by atoms with Gasteiger partial charge in [-0.1, -0.05) is 36.4 Å². The molecule has 5 N–H and O–H groups in total. The van der Waals surface area contributed by atoms with Crippen molar-refractivity contribution in [1.29, 1.82) is 0 Å². The Hall–Kier alpha value is -2.62. The van der Waals surface area contributed by atoms with Crippen molar-refractivity contribution in [2.24, 2.45) is 5.73 Å². The predicted molar refractivity (Wildman–Crippen MR) is 145 cm³/mol. The van der Waals surface area contributed by atoms with Gasteiger partial charge in [0.1, 0.15) is 6.04 Å². The van der Waals surface area contributed by atoms with E-state index < -0.39 is 12.0 Å². The van der Waals surface area contributed by atoms with Gasteiger partial charge in [0.15, 0.2) is 0 Å². The molecule has 8 nitrogen and oxygen atoms in total. The Morgan fingerprint density at radius 2 is 1.89 bits per heavy atom. The van der Waals surface area contributed by atoms with Crippen LogP contribution in [-0.4, -0.2) is 72.0 Å². The van der Waals surface area contributed by atoms with Gasteiger partial charge < -0.3 is 26.4 Å². The molecule has 2 aliphatic rings. The first-order chi connectivity index (χ1) is 17.4. The van der Waals surface area contributed by atoms with Crippen LogP contribution < -0.4 is 16.4 Å². The number of rotatable bonds is 11.